The minimum atomic E-state index is 0.672. The lowest BCUT2D eigenvalue weighted by molar-refractivity contribution is 0.482. The summed E-state index contributed by atoms with van der Waals surface area (Å²) in [4.78, 5) is 4.43. The van der Waals surface area contributed by atoms with Gasteiger partial charge in [0.25, 0.3) is 0 Å². The first-order valence-corrected chi connectivity index (χ1v) is 9.19. The number of benzene rings is 2. The zero-order valence-electron chi connectivity index (χ0n) is 13.2. The van der Waals surface area contributed by atoms with Gasteiger partial charge in [-0.05, 0) is 65.5 Å². The van der Waals surface area contributed by atoms with E-state index in [1.165, 1.54) is 11.8 Å². The van der Waals surface area contributed by atoms with Crippen LogP contribution in [0.1, 0.15) is 5.69 Å². The lowest BCUT2D eigenvalue weighted by atomic mass is 10.3. The monoisotopic (exact) mass is 367 g/mol. The molecular formula is C17H13N5OS2. The SMILES string of the molecule is Cc1csc(Sc2nnnn2-c2ccc(Oc3ccccc3)cc2)n1. The Morgan fingerprint density at radius 3 is 2.48 bits per heavy atom. The maximum Gasteiger partial charge on any atom is 0.221 e. The van der Waals surface area contributed by atoms with Crippen LogP contribution in [-0.4, -0.2) is 25.2 Å². The topological polar surface area (TPSA) is 65.7 Å². The molecule has 0 fully saturated rings. The van der Waals surface area contributed by atoms with E-state index >= 15 is 0 Å². The molecule has 6 nitrogen and oxygen atoms in total. The number of aromatic nitrogens is 5. The third-order valence-corrected chi connectivity index (χ3v) is 5.27. The first kappa shape index (κ1) is 15.8. The zero-order chi connectivity index (χ0) is 17.1. The number of aryl methyl sites for hydroxylation is 1. The second kappa shape index (κ2) is 7.04. The van der Waals surface area contributed by atoms with Crippen LogP contribution in [0.25, 0.3) is 5.69 Å². The molecule has 2 heterocycles. The summed E-state index contributed by atoms with van der Waals surface area (Å²) in [5, 5.41) is 14.6. The Balaban J connectivity index is 1.53. The molecule has 0 spiro atoms. The molecule has 0 N–H and O–H groups in total. The maximum absolute atomic E-state index is 5.80. The Hall–Kier alpha value is -2.71. The molecule has 2 aromatic carbocycles. The van der Waals surface area contributed by atoms with Gasteiger partial charge in [0, 0.05) is 11.1 Å². The lowest BCUT2D eigenvalue weighted by Crippen LogP contribution is -1.98. The Bertz CT molecular complexity index is 966. The van der Waals surface area contributed by atoms with Gasteiger partial charge in [-0.3, -0.25) is 0 Å². The summed E-state index contributed by atoms with van der Waals surface area (Å²) in [6.45, 7) is 1.97. The summed E-state index contributed by atoms with van der Waals surface area (Å²) in [5.74, 6) is 1.56. The molecule has 2 aromatic heterocycles. The van der Waals surface area contributed by atoms with Crippen LogP contribution in [0.5, 0.6) is 11.5 Å². The number of hydrogen-bond donors (Lipinski definition) is 0. The summed E-state index contributed by atoms with van der Waals surface area (Å²) in [7, 11) is 0. The number of para-hydroxylation sites is 1. The van der Waals surface area contributed by atoms with Gasteiger partial charge in [0.1, 0.15) is 11.5 Å². The highest BCUT2D eigenvalue weighted by atomic mass is 32.2. The fourth-order valence-electron chi connectivity index (χ4n) is 2.14. The van der Waals surface area contributed by atoms with Gasteiger partial charge < -0.3 is 4.74 Å². The first-order valence-electron chi connectivity index (χ1n) is 7.50. The summed E-state index contributed by atoms with van der Waals surface area (Å²) >= 11 is 3.02. The normalized spacial score (nSPS) is 10.8. The van der Waals surface area contributed by atoms with Gasteiger partial charge in [-0.1, -0.05) is 18.2 Å². The zero-order valence-corrected chi connectivity index (χ0v) is 14.9. The van der Waals surface area contributed by atoms with E-state index in [0.717, 1.165) is 27.2 Å². The van der Waals surface area contributed by atoms with Crippen molar-refractivity contribution in [1.82, 2.24) is 25.2 Å². The van der Waals surface area contributed by atoms with Gasteiger partial charge in [0.15, 0.2) is 4.34 Å². The molecule has 0 aliphatic carbocycles. The smallest absolute Gasteiger partial charge is 0.221 e. The highest BCUT2D eigenvalue weighted by molar-refractivity contribution is 8.00. The predicted octanol–water partition coefficient (Wildman–Crippen LogP) is 4.37. The molecule has 0 saturated heterocycles. The van der Waals surface area contributed by atoms with Gasteiger partial charge in [-0.25, -0.2) is 4.98 Å². The summed E-state index contributed by atoms with van der Waals surface area (Å²) in [6, 6.07) is 17.3. The molecule has 0 atom stereocenters. The quantitative estimate of drug-likeness (QED) is 0.522. The van der Waals surface area contributed by atoms with E-state index in [-0.39, 0.29) is 0 Å². The minimum absolute atomic E-state index is 0.672. The molecule has 4 rings (SSSR count). The molecule has 0 radical (unpaired) electrons. The van der Waals surface area contributed by atoms with Crippen molar-refractivity contribution in [3.63, 3.8) is 0 Å². The van der Waals surface area contributed by atoms with Crippen molar-refractivity contribution < 1.29 is 4.74 Å². The van der Waals surface area contributed by atoms with Crippen molar-refractivity contribution in [3.05, 3.63) is 65.7 Å². The van der Waals surface area contributed by atoms with E-state index in [1.54, 1.807) is 16.0 Å². The van der Waals surface area contributed by atoms with Gasteiger partial charge in [-0.2, -0.15) is 4.68 Å². The summed E-state index contributed by atoms with van der Waals surface area (Å²) in [6.07, 6.45) is 0. The van der Waals surface area contributed by atoms with Crippen LogP contribution in [0.3, 0.4) is 0 Å². The Morgan fingerprint density at radius 1 is 1.00 bits per heavy atom. The van der Waals surface area contributed by atoms with Crippen LogP contribution in [0, 0.1) is 6.92 Å². The molecule has 0 bridgehead atoms. The number of thiazole rings is 1. The van der Waals surface area contributed by atoms with Crippen molar-refractivity contribution in [1.29, 1.82) is 0 Å². The number of rotatable bonds is 5. The molecule has 124 valence electrons. The number of tetrazole rings is 1. The van der Waals surface area contributed by atoms with Gasteiger partial charge in [0.2, 0.25) is 5.16 Å². The van der Waals surface area contributed by atoms with E-state index in [2.05, 4.69) is 20.5 Å². The van der Waals surface area contributed by atoms with Gasteiger partial charge in [-0.15, -0.1) is 16.4 Å². The van der Waals surface area contributed by atoms with Crippen molar-refractivity contribution >= 4 is 23.1 Å². The third-order valence-electron chi connectivity index (χ3n) is 3.28. The second-order valence-corrected chi connectivity index (χ2v) is 7.21. The molecular weight excluding hydrogens is 354 g/mol. The van der Waals surface area contributed by atoms with Crippen molar-refractivity contribution in [3.8, 4) is 17.2 Å². The maximum atomic E-state index is 5.80. The van der Waals surface area contributed by atoms with Crippen LogP contribution in [0.15, 0.2) is 69.5 Å². The summed E-state index contributed by atoms with van der Waals surface area (Å²) in [5.41, 5.74) is 1.86. The van der Waals surface area contributed by atoms with Crippen LogP contribution in [0.2, 0.25) is 0 Å². The van der Waals surface area contributed by atoms with Crippen molar-refractivity contribution in [2.45, 2.75) is 16.4 Å². The largest absolute Gasteiger partial charge is 0.457 e. The average Bonchev–Trinajstić information content (AvgIpc) is 3.26. The van der Waals surface area contributed by atoms with E-state index in [9.17, 15) is 0 Å². The Morgan fingerprint density at radius 2 is 1.76 bits per heavy atom. The second-order valence-electron chi connectivity index (χ2n) is 5.14. The van der Waals surface area contributed by atoms with E-state index in [0.29, 0.717) is 5.16 Å². The Kier molecular flexibility index (Phi) is 4.45. The molecule has 0 saturated carbocycles. The third kappa shape index (κ3) is 3.70. The number of hydrogen-bond acceptors (Lipinski definition) is 7. The predicted molar refractivity (Wildman–Crippen MR) is 96.6 cm³/mol. The van der Waals surface area contributed by atoms with Crippen molar-refractivity contribution in [2.75, 3.05) is 0 Å². The molecule has 4 aromatic rings. The number of ether oxygens (including phenoxy) is 1. The van der Waals surface area contributed by atoms with Crippen LogP contribution < -0.4 is 4.74 Å². The van der Waals surface area contributed by atoms with E-state index < -0.39 is 0 Å². The molecule has 0 aliphatic heterocycles. The molecule has 0 amide bonds. The van der Waals surface area contributed by atoms with Gasteiger partial charge >= 0.3 is 0 Å². The van der Waals surface area contributed by atoms with Crippen LogP contribution >= 0.6 is 23.1 Å². The molecule has 0 unspecified atom stereocenters. The van der Waals surface area contributed by atoms with Crippen LogP contribution in [0.4, 0.5) is 0 Å². The average molecular weight is 367 g/mol. The standard InChI is InChI=1S/C17H13N5OS2/c1-12-11-24-17(18-12)25-16-19-20-21-22(16)13-7-9-15(10-8-13)23-14-5-3-2-4-6-14/h2-11H,1H3. The highest BCUT2D eigenvalue weighted by Crippen LogP contribution is 2.30. The van der Waals surface area contributed by atoms with Crippen LogP contribution in [-0.2, 0) is 0 Å². The number of nitrogens with zero attached hydrogens (tertiary/aromatic N) is 5. The lowest BCUT2D eigenvalue weighted by Gasteiger charge is -2.07. The molecule has 0 aliphatic rings. The molecule has 8 heteroatoms. The first-order chi connectivity index (χ1) is 12.3. The van der Waals surface area contributed by atoms with E-state index in [1.807, 2.05) is 66.9 Å². The van der Waals surface area contributed by atoms with E-state index in [4.69, 9.17) is 4.74 Å². The minimum Gasteiger partial charge on any atom is -0.457 e. The van der Waals surface area contributed by atoms with Gasteiger partial charge in [0.05, 0.1) is 5.69 Å². The molecule has 25 heavy (non-hydrogen) atoms. The highest BCUT2D eigenvalue weighted by Gasteiger charge is 2.12. The summed E-state index contributed by atoms with van der Waals surface area (Å²) < 4.78 is 8.41. The Labute approximate surface area is 152 Å². The fourth-order valence-corrected chi connectivity index (χ4v) is 3.87. The fraction of sp³-hybridized carbons (Fsp3) is 0.0588. The van der Waals surface area contributed by atoms with Crippen molar-refractivity contribution in [2.24, 2.45) is 0 Å².